The van der Waals surface area contributed by atoms with Crippen molar-refractivity contribution in [2.24, 2.45) is 5.92 Å². The fraction of sp³-hybridized carbons (Fsp3) is 0.500. The summed E-state index contributed by atoms with van der Waals surface area (Å²) in [4.78, 5) is 28.6. The molecule has 0 saturated carbocycles. The van der Waals surface area contributed by atoms with E-state index < -0.39 is 0 Å². The van der Waals surface area contributed by atoms with Gasteiger partial charge in [0.15, 0.2) is 5.13 Å². The number of pyridine rings is 2. The first-order chi connectivity index (χ1) is 16.3. The van der Waals surface area contributed by atoms with Gasteiger partial charge in [0.2, 0.25) is 0 Å². The Labute approximate surface area is 203 Å². The summed E-state index contributed by atoms with van der Waals surface area (Å²) in [5.41, 5.74) is 2.20. The van der Waals surface area contributed by atoms with Gasteiger partial charge in [-0.25, -0.2) is 14.8 Å². The third-order valence-corrected chi connectivity index (χ3v) is 6.12. The van der Waals surface area contributed by atoms with E-state index in [1.54, 1.807) is 24.4 Å². The summed E-state index contributed by atoms with van der Waals surface area (Å²) in [6, 6.07) is 5.57. The van der Waals surface area contributed by atoms with Crippen LogP contribution in [0.5, 0.6) is 5.75 Å². The molecule has 0 unspecified atom stereocenters. The van der Waals surface area contributed by atoms with E-state index in [1.165, 1.54) is 11.3 Å². The molecule has 1 N–H and O–H groups in total. The quantitative estimate of drug-likeness (QED) is 0.447. The van der Waals surface area contributed by atoms with Crippen LogP contribution in [0.4, 0.5) is 9.93 Å². The van der Waals surface area contributed by atoms with Crippen LogP contribution in [0.15, 0.2) is 30.6 Å². The number of likely N-dealkylation sites (tertiary alicyclic amines) is 1. The van der Waals surface area contributed by atoms with E-state index in [2.05, 4.69) is 15.3 Å². The van der Waals surface area contributed by atoms with Crippen LogP contribution in [-0.2, 0) is 9.47 Å². The highest BCUT2D eigenvalue weighted by atomic mass is 32.1. The number of fused-ring (bicyclic) bond motifs is 1. The lowest BCUT2D eigenvalue weighted by Gasteiger charge is -2.39. The number of ether oxygens (including phenoxy) is 3. The summed E-state index contributed by atoms with van der Waals surface area (Å²) in [6.07, 6.45) is 4.25. The summed E-state index contributed by atoms with van der Waals surface area (Å²) < 4.78 is 16.6. The van der Waals surface area contributed by atoms with Crippen LogP contribution < -0.4 is 10.1 Å². The number of aromatic nitrogens is 3. The van der Waals surface area contributed by atoms with Crippen molar-refractivity contribution in [3.8, 4) is 17.0 Å². The summed E-state index contributed by atoms with van der Waals surface area (Å²) in [6.45, 7) is 9.36. The molecule has 1 fully saturated rings. The number of urea groups is 1. The predicted molar refractivity (Wildman–Crippen MR) is 132 cm³/mol. The number of carbonyl (C=O) groups is 1. The summed E-state index contributed by atoms with van der Waals surface area (Å²) >= 11 is 1.35. The monoisotopic (exact) mass is 485 g/mol. The SMILES string of the molecule is COCCCOc1cncc(-c2ccc3nc(NC(=O)N4CC(COC(C)(C)C)C4)sc3n2)c1. The van der Waals surface area contributed by atoms with Crippen LogP contribution in [0.3, 0.4) is 0 Å². The van der Waals surface area contributed by atoms with Crippen LogP contribution >= 0.6 is 11.3 Å². The van der Waals surface area contributed by atoms with Crippen molar-refractivity contribution >= 4 is 32.8 Å². The summed E-state index contributed by atoms with van der Waals surface area (Å²) in [7, 11) is 1.67. The summed E-state index contributed by atoms with van der Waals surface area (Å²) in [5.74, 6) is 1.06. The largest absolute Gasteiger partial charge is 0.492 e. The zero-order valence-electron chi connectivity index (χ0n) is 20.0. The minimum atomic E-state index is -0.163. The van der Waals surface area contributed by atoms with Crippen molar-refractivity contribution < 1.29 is 19.0 Å². The fourth-order valence-corrected chi connectivity index (χ4v) is 4.27. The second-order valence-corrected chi connectivity index (χ2v) is 10.2. The number of anilines is 1. The van der Waals surface area contributed by atoms with Gasteiger partial charge in [-0.2, -0.15) is 0 Å². The molecule has 0 radical (unpaired) electrons. The zero-order valence-corrected chi connectivity index (χ0v) is 20.9. The number of nitrogens with zero attached hydrogens (tertiary/aromatic N) is 4. The Kier molecular flexibility index (Phi) is 7.60. The molecule has 2 amide bonds. The van der Waals surface area contributed by atoms with Gasteiger partial charge in [-0.15, -0.1) is 0 Å². The normalized spacial score (nSPS) is 14.3. The Morgan fingerprint density at radius 3 is 2.79 bits per heavy atom. The van der Waals surface area contributed by atoms with Gasteiger partial charge < -0.3 is 19.1 Å². The number of amides is 2. The van der Waals surface area contributed by atoms with Crippen molar-refractivity contribution in [2.45, 2.75) is 32.8 Å². The number of rotatable bonds is 9. The average molecular weight is 486 g/mol. The highest BCUT2D eigenvalue weighted by Crippen LogP contribution is 2.29. The highest BCUT2D eigenvalue weighted by Gasteiger charge is 2.32. The van der Waals surface area contributed by atoms with E-state index in [0.29, 0.717) is 49.7 Å². The molecule has 3 aromatic rings. The number of hydrogen-bond acceptors (Lipinski definition) is 8. The van der Waals surface area contributed by atoms with Crippen LogP contribution in [-0.4, -0.2) is 71.5 Å². The van der Waals surface area contributed by atoms with Gasteiger partial charge in [0, 0.05) is 50.9 Å². The lowest BCUT2D eigenvalue weighted by Crippen LogP contribution is -2.53. The van der Waals surface area contributed by atoms with Crippen molar-refractivity contribution in [3.63, 3.8) is 0 Å². The number of hydrogen-bond donors (Lipinski definition) is 1. The molecule has 10 heteroatoms. The number of thiazole rings is 1. The molecule has 0 bridgehead atoms. The number of carbonyl (C=O) groups excluding carboxylic acids is 1. The van der Waals surface area contributed by atoms with Gasteiger partial charge in [-0.05, 0) is 39.0 Å². The van der Waals surface area contributed by atoms with Crippen LogP contribution in [0, 0.1) is 5.92 Å². The van der Waals surface area contributed by atoms with Gasteiger partial charge in [-0.1, -0.05) is 11.3 Å². The standard InChI is InChI=1S/C24H31N5O4S/c1-24(2,3)33-15-16-13-29(14-16)23(30)28-22-27-20-7-6-19(26-21(20)34-22)17-10-18(12-25-11-17)32-9-5-8-31-4/h6-7,10-12,16H,5,8-9,13-15H2,1-4H3,(H,27,28,30). The van der Waals surface area contributed by atoms with Crippen molar-refractivity contribution in [1.82, 2.24) is 19.9 Å². The first-order valence-electron chi connectivity index (χ1n) is 11.4. The molecule has 34 heavy (non-hydrogen) atoms. The van der Waals surface area contributed by atoms with Gasteiger partial charge in [0.1, 0.15) is 16.1 Å². The Hall–Kier alpha value is -2.82. The minimum absolute atomic E-state index is 0.145. The maximum absolute atomic E-state index is 12.6. The molecule has 4 rings (SSSR count). The third kappa shape index (κ3) is 6.40. The molecule has 4 heterocycles. The predicted octanol–water partition coefficient (Wildman–Crippen LogP) is 4.45. The van der Waals surface area contributed by atoms with Crippen LogP contribution in [0.25, 0.3) is 21.6 Å². The van der Waals surface area contributed by atoms with E-state index in [4.69, 9.17) is 19.2 Å². The van der Waals surface area contributed by atoms with E-state index in [9.17, 15) is 4.79 Å². The van der Waals surface area contributed by atoms with Gasteiger partial charge in [-0.3, -0.25) is 10.3 Å². The number of methoxy groups -OCH3 is 1. The average Bonchev–Trinajstić information content (AvgIpc) is 3.16. The first-order valence-corrected chi connectivity index (χ1v) is 12.2. The Morgan fingerprint density at radius 1 is 1.21 bits per heavy atom. The maximum atomic E-state index is 12.6. The Bertz CT molecular complexity index is 1120. The molecule has 9 nitrogen and oxygen atoms in total. The second-order valence-electron chi connectivity index (χ2n) is 9.27. The molecule has 1 saturated heterocycles. The van der Waals surface area contributed by atoms with Crippen molar-refractivity contribution in [1.29, 1.82) is 0 Å². The molecule has 182 valence electrons. The zero-order chi connectivity index (χ0) is 24.1. The minimum Gasteiger partial charge on any atom is -0.492 e. The summed E-state index contributed by atoms with van der Waals surface area (Å²) in [5, 5.41) is 3.43. The van der Waals surface area contributed by atoms with Crippen molar-refractivity contribution in [3.05, 3.63) is 30.6 Å². The van der Waals surface area contributed by atoms with E-state index in [0.717, 1.165) is 28.0 Å². The number of nitrogens with one attached hydrogen (secondary N) is 1. The molecule has 0 aromatic carbocycles. The van der Waals surface area contributed by atoms with Gasteiger partial charge in [0.25, 0.3) is 0 Å². The van der Waals surface area contributed by atoms with E-state index in [1.807, 2.05) is 39.0 Å². The molecular weight excluding hydrogens is 454 g/mol. The molecule has 3 aromatic heterocycles. The van der Waals surface area contributed by atoms with Crippen LogP contribution in [0.2, 0.25) is 0 Å². The third-order valence-electron chi connectivity index (χ3n) is 5.24. The molecule has 1 aliphatic heterocycles. The van der Waals surface area contributed by atoms with E-state index >= 15 is 0 Å². The lowest BCUT2D eigenvalue weighted by molar-refractivity contribution is -0.0467. The molecule has 1 aliphatic rings. The molecule has 0 aliphatic carbocycles. The highest BCUT2D eigenvalue weighted by molar-refractivity contribution is 7.21. The first kappa shape index (κ1) is 24.3. The smallest absolute Gasteiger partial charge is 0.323 e. The van der Waals surface area contributed by atoms with Crippen molar-refractivity contribution in [2.75, 3.05) is 45.3 Å². The molecule has 0 spiro atoms. The topological polar surface area (TPSA) is 98.7 Å². The van der Waals surface area contributed by atoms with Crippen LogP contribution in [0.1, 0.15) is 27.2 Å². The molecule has 0 atom stereocenters. The Morgan fingerprint density at radius 2 is 2.03 bits per heavy atom. The second kappa shape index (κ2) is 10.6. The van der Waals surface area contributed by atoms with E-state index in [-0.39, 0.29) is 11.6 Å². The Balaban J connectivity index is 1.35. The van der Waals surface area contributed by atoms with Gasteiger partial charge in [0.05, 0.1) is 30.7 Å². The van der Waals surface area contributed by atoms with Gasteiger partial charge >= 0.3 is 6.03 Å². The maximum Gasteiger partial charge on any atom is 0.323 e. The molecular formula is C24H31N5O4S. The fourth-order valence-electron chi connectivity index (χ4n) is 3.44. The lowest BCUT2D eigenvalue weighted by atomic mass is 10.0.